The van der Waals surface area contributed by atoms with E-state index in [0.717, 1.165) is 44.6 Å². The molecule has 1 aromatic rings. The number of anilines is 1. The van der Waals surface area contributed by atoms with Gasteiger partial charge in [0.15, 0.2) is 0 Å². The van der Waals surface area contributed by atoms with Crippen molar-refractivity contribution >= 4 is 21.2 Å². The van der Waals surface area contributed by atoms with Gasteiger partial charge in [-0.15, -0.1) is 0 Å². The van der Waals surface area contributed by atoms with Crippen LogP contribution in [0.25, 0.3) is 0 Å². The number of alkyl halides is 3. The number of ether oxygens (including phenoxy) is 1. The molecule has 0 bridgehead atoms. The molecule has 3 rings (SSSR count). The maximum Gasteiger partial charge on any atom is 0.501 e. The molecule has 2 aliphatic heterocycles. The SMILES string of the molecule is O=[N+]([O-])c1cc(S(=O)(=O)C(F)(F)F)ccc1N1CCCC(CN2CCOCC2)C1. The summed E-state index contributed by atoms with van der Waals surface area (Å²) in [5.74, 6) is 0.250. The molecule has 0 aliphatic carbocycles. The Morgan fingerprint density at radius 3 is 2.52 bits per heavy atom. The number of nitro benzene ring substituents is 1. The molecule has 0 saturated carbocycles. The van der Waals surface area contributed by atoms with Crippen LogP contribution in [0.5, 0.6) is 0 Å². The van der Waals surface area contributed by atoms with Gasteiger partial charge in [-0.05, 0) is 30.9 Å². The zero-order valence-corrected chi connectivity index (χ0v) is 16.4. The number of nitro groups is 1. The number of benzene rings is 1. The van der Waals surface area contributed by atoms with E-state index in [1.165, 1.54) is 0 Å². The molecule has 0 radical (unpaired) electrons. The fraction of sp³-hybridized carbons (Fsp3) is 0.647. The first-order valence-corrected chi connectivity index (χ1v) is 10.7. The van der Waals surface area contributed by atoms with Crippen LogP contribution in [0.15, 0.2) is 23.1 Å². The Labute approximate surface area is 166 Å². The molecule has 2 saturated heterocycles. The fourth-order valence-corrected chi connectivity index (χ4v) is 4.58. The third kappa shape index (κ3) is 4.81. The molecule has 0 amide bonds. The Bertz CT molecular complexity index is 856. The fourth-order valence-electron chi connectivity index (χ4n) is 3.80. The van der Waals surface area contributed by atoms with Crippen LogP contribution in [0.4, 0.5) is 24.5 Å². The molecule has 29 heavy (non-hydrogen) atoms. The van der Waals surface area contributed by atoms with Crippen molar-refractivity contribution in [2.24, 2.45) is 5.92 Å². The zero-order valence-electron chi connectivity index (χ0n) is 15.6. The Kier molecular flexibility index (Phi) is 6.34. The lowest BCUT2D eigenvalue weighted by molar-refractivity contribution is -0.384. The summed E-state index contributed by atoms with van der Waals surface area (Å²) < 4.78 is 67.0. The van der Waals surface area contributed by atoms with Crippen LogP contribution in [0, 0.1) is 16.0 Å². The highest BCUT2D eigenvalue weighted by atomic mass is 32.2. The average molecular weight is 437 g/mol. The van der Waals surface area contributed by atoms with Crippen molar-refractivity contribution in [2.45, 2.75) is 23.2 Å². The smallest absolute Gasteiger partial charge is 0.379 e. The normalized spacial score (nSPS) is 21.9. The van der Waals surface area contributed by atoms with Crippen molar-refractivity contribution in [3.8, 4) is 0 Å². The van der Waals surface area contributed by atoms with Gasteiger partial charge in [-0.25, -0.2) is 8.42 Å². The van der Waals surface area contributed by atoms with E-state index in [0.29, 0.717) is 32.4 Å². The molecule has 8 nitrogen and oxygen atoms in total. The highest BCUT2D eigenvalue weighted by molar-refractivity contribution is 7.92. The minimum Gasteiger partial charge on any atom is -0.379 e. The van der Waals surface area contributed by atoms with E-state index < -0.39 is 30.9 Å². The summed E-state index contributed by atoms with van der Waals surface area (Å²) in [4.78, 5) is 13.5. The molecule has 1 atom stereocenters. The highest BCUT2D eigenvalue weighted by Crippen LogP contribution is 2.37. The quantitative estimate of drug-likeness (QED) is 0.516. The summed E-state index contributed by atoms with van der Waals surface area (Å²) >= 11 is 0. The molecular formula is C17H22F3N3O5S. The van der Waals surface area contributed by atoms with Crippen LogP contribution < -0.4 is 4.90 Å². The number of piperidine rings is 1. The first-order valence-electron chi connectivity index (χ1n) is 9.24. The number of nitrogens with zero attached hydrogens (tertiary/aromatic N) is 3. The van der Waals surface area contributed by atoms with E-state index in [2.05, 4.69) is 4.90 Å². The summed E-state index contributed by atoms with van der Waals surface area (Å²) in [5, 5.41) is 11.5. The molecule has 2 aliphatic rings. The summed E-state index contributed by atoms with van der Waals surface area (Å²) in [6.07, 6.45) is 1.73. The van der Waals surface area contributed by atoms with E-state index in [1.54, 1.807) is 4.90 Å². The molecule has 0 N–H and O–H groups in total. The standard InChI is InChI=1S/C17H22F3N3O5S/c18-17(19,20)29(26,27)14-3-4-15(16(10-14)23(24)25)22-5-1-2-13(12-22)11-21-6-8-28-9-7-21/h3-4,10,13H,1-2,5-9,11-12H2. The van der Waals surface area contributed by atoms with Gasteiger partial charge in [0.25, 0.3) is 15.5 Å². The Morgan fingerprint density at radius 2 is 1.90 bits per heavy atom. The number of rotatable bonds is 5. The molecule has 0 aromatic heterocycles. The largest absolute Gasteiger partial charge is 0.501 e. The molecule has 1 aromatic carbocycles. The maximum absolute atomic E-state index is 12.8. The third-order valence-corrected chi connectivity index (χ3v) is 6.72. The van der Waals surface area contributed by atoms with Gasteiger partial charge >= 0.3 is 5.51 Å². The lowest BCUT2D eigenvalue weighted by atomic mass is 9.96. The number of halogens is 3. The van der Waals surface area contributed by atoms with Crippen LogP contribution in [-0.4, -0.2) is 69.7 Å². The second kappa shape index (κ2) is 8.44. The van der Waals surface area contributed by atoms with Gasteiger partial charge < -0.3 is 9.64 Å². The average Bonchev–Trinajstić information content (AvgIpc) is 2.67. The van der Waals surface area contributed by atoms with Crippen molar-refractivity contribution in [2.75, 3.05) is 50.8 Å². The molecule has 1 unspecified atom stereocenters. The van der Waals surface area contributed by atoms with Gasteiger partial charge in [-0.1, -0.05) is 0 Å². The lowest BCUT2D eigenvalue weighted by Gasteiger charge is -2.37. The maximum atomic E-state index is 12.8. The molecule has 12 heteroatoms. The minimum atomic E-state index is -5.65. The van der Waals surface area contributed by atoms with Gasteiger partial charge in [0.1, 0.15) is 5.69 Å². The summed E-state index contributed by atoms with van der Waals surface area (Å²) in [6.45, 7) is 4.82. The summed E-state index contributed by atoms with van der Waals surface area (Å²) in [6, 6.07) is 2.40. The van der Waals surface area contributed by atoms with Crippen molar-refractivity contribution in [1.29, 1.82) is 0 Å². The predicted octanol–water partition coefficient (Wildman–Crippen LogP) is 2.44. The van der Waals surface area contributed by atoms with E-state index in [-0.39, 0.29) is 11.6 Å². The summed E-state index contributed by atoms with van der Waals surface area (Å²) in [5.41, 5.74) is -6.01. The second-order valence-electron chi connectivity index (χ2n) is 7.22. The summed E-state index contributed by atoms with van der Waals surface area (Å²) in [7, 11) is -5.65. The highest BCUT2D eigenvalue weighted by Gasteiger charge is 2.47. The van der Waals surface area contributed by atoms with Gasteiger partial charge in [0.05, 0.1) is 23.0 Å². The monoisotopic (exact) mass is 437 g/mol. The van der Waals surface area contributed by atoms with E-state index in [4.69, 9.17) is 4.74 Å². The molecule has 2 fully saturated rings. The second-order valence-corrected chi connectivity index (χ2v) is 9.17. The Balaban J connectivity index is 1.82. The first kappa shape index (κ1) is 21.8. The van der Waals surface area contributed by atoms with Crippen molar-refractivity contribution in [3.63, 3.8) is 0 Å². The van der Waals surface area contributed by atoms with Gasteiger partial charge in [-0.3, -0.25) is 15.0 Å². The molecule has 2 heterocycles. The van der Waals surface area contributed by atoms with Crippen LogP contribution in [0.1, 0.15) is 12.8 Å². The van der Waals surface area contributed by atoms with Crippen LogP contribution in [0.2, 0.25) is 0 Å². The number of hydrogen-bond donors (Lipinski definition) is 0. The van der Waals surface area contributed by atoms with E-state index in [1.807, 2.05) is 0 Å². The number of hydrogen-bond acceptors (Lipinski definition) is 7. The number of morpholine rings is 1. The predicted molar refractivity (Wildman–Crippen MR) is 98.5 cm³/mol. The number of sulfone groups is 1. The first-order chi connectivity index (χ1) is 13.6. The lowest BCUT2D eigenvalue weighted by Crippen LogP contribution is -2.44. The van der Waals surface area contributed by atoms with Crippen molar-refractivity contribution in [1.82, 2.24) is 4.90 Å². The van der Waals surface area contributed by atoms with E-state index >= 15 is 0 Å². The van der Waals surface area contributed by atoms with Gasteiger partial charge in [-0.2, -0.15) is 13.2 Å². The minimum absolute atomic E-state index is 0.141. The molecular weight excluding hydrogens is 415 g/mol. The van der Waals surface area contributed by atoms with Crippen LogP contribution in [0.3, 0.4) is 0 Å². The van der Waals surface area contributed by atoms with Crippen LogP contribution >= 0.6 is 0 Å². The van der Waals surface area contributed by atoms with E-state index in [9.17, 15) is 31.7 Å². The third-order valence-electron chi connectivity index (χ3n) is 5.24. The van der Waals surface area contributed by atoms with Crippen LogP contribution in [-0.2, 0) is 14.6 Å². The molecule has 0 spiro atoms. The van der Waals surface area contributed by atoms with Gasteiger partial charge in [0.2, 0.25) is 0 Å². The van der Waals surface area contributed by atoms with Gasteiger partial charge in [0, 0.05) is 38.8 Å². The van der Waals surface area contributed by atoms with Crippen molar-refractivity contribution < 1.29 is 31.2 Å². The Morgan fingerprint density at radius 1 is 1.21 bits per heavy atom. The van der Waals surface area contributed by atoms with Crippen molar-refractivity contribution in [3.05, 3.63) is 28.3 Å². The topological polar surface area (TPSA) is 93.0 Å². The zero-order chi connectivity index (χ0) is 21.2. The Hall–Kier alpha value is -1.92. The molecule has 162 valence electrons.